The second-order valence-corrected chi connectivity index (χ2v) is 5.94. The second kappa shape index (κ2) is 7.42. The number of rotatable bonds is 4. The molecular formula is C17H16BrFN2O2. The number of hydrogen-bond donors (Lipinski definition) is 1. The quantitative estimate of drug-likeness (QED) is 0.806. The van der Waals surface area contributed by atoms with Gasteiger partial charge in [-0.3, -0.25) is 0 Å². The van der Waals surface area contributed by atoms with E-state index in [-0.39, 0.29) is 0 Å². The molecule has 1 heterocycles. The van der Waals surface area contributed by atoms with Crippen molar-refractivity contribution in [3.63, 3.8) is 0 Å². The van der Waals surface area contributed by atoms with Crippen molar-refractivity contribution in [1.29, 1.82) is 5.26 Å². The molecule has 0 radical (unpaired) electrons. The summed E-state index contributed by atoms with van der Waals surface area (Å²) in [6, 6.07) is 6.32. The molecule has 120 valence electrons. The second-order valence-electron chi connectivity index (χ2n) is 5.09. The van der Waals surface area contributed by atoms with Gasteiger partial charge in [-0.2, -0.15) is 5.26 Å². The highest BCUT2D eigenvalue weighted by Crippen LogP contribution is 2.40. The first-order valence-corrected chi connectivity index (χ1v) is 7.95. The van der Waals surface area contributed by atoms with Gasteiger partial charge in [-0.25, -0.2) is 9.18 Å². The number of methoxy groups -OCH3 is 1. The Morgan fingerprint density at radius 2 is 2.26 bits per heavy atom. The lowest BCUT2D eigenvalue weighted by molar-refractivity contribution is -0.136. The van der Waals surface area contributed by atoms with Crippen LogP contribution in [0.1, 0.15) is 31.2 Å². The van der Waals surface area contributed by atoms with Crippen LogP contribution < -0.4 is 5.32 Å². The summed E-state index contributed by atoms with van der Waals surface area (Å²) in [5.74, 6) is -1.48. The van der Waals surface area contributed by atoms with E-state index in [1.807, 2.05) is 6.92 Å². The molecule has 1 aromatic carbocycles. The van der Waals surface area contributed by atoms with Crippen molar-refractivity contribution in [2.75, 3.05) is 7.11 Å². The van der Waals surface area contributed by atoms with Gasteiger partial charge in [-0.1, -0.05) is 35.3 Å². The molecule has 1 unspecified atom stereocenters. The average Bonchev–Trinajstić information content (AvgIpc) is 2.54. The molecule has 23 heavy (non-hydrogen) atoms. The molecule has 1 atom stereocenters. The number of esters is 1. The van der Waals surface area contributed by atoms with E-state index in [0.717, 1.165) is 12.1 Å². The van der Waals surface area contributed by atoms with E-state index in [0.29, 0.717) is 27.6 Å². The van der Waals surface area contributed by atoms with E-state index >= 15 is 0 Å². The SMILES string of the molecule is CCCC1=C(C(=O)OC)C(c2ccc(F)cc2Br)C(C#N)=CN1. The summed E-state index contributed by atoms with van der Waals surface area (Å²) in [6.07, 6.45) is 3.07. The average molecular weight is 379 g/mol. The van der Waals surface area contributed by atoms with Crippen molar-refractivity contribution in [3.05, 3.63) is 57.1 Å². The number of carbonyl (C=O) groups is 1. The molecule has 1 N–H and O–H groups in total. The molecule has 4 nitrogen and oxygen atoms in total. The molecule has 1 aliphatic rings. The molecule has 0 spiro atoms. The number of nitrogens with one attached hydrogen (secondary N) is 1. The summed E-state index contributed by atoms with van der Waals surface area (Å²) in [5.41, 5.74) is 2.13. The largest absolute Gasteiger partial charge is 0.466 e. The molecule has 0 bridgehead atoms. The minimum atomic E-state index is -0.592. The molecule has 0 saturated heterocycles. The van der Waals surface area contributed by atoms with Crippen LogP contribution in [0.2, 0.25) is 0 Å². The molecule has 0 saturated carbocycles. The van der Waals surface area contributed by atoms with Gasteiger partial charge >= 0.3 is 5.97 Å². The Labute approximate surface area is 142 Å². The lowest BCUT2D eigenvalue weighted by atomic mass is 9.82. The number of nitrogens with zero attached hydrogens (tertiary/aromatic N) is 1. The monoisotopic (exact) mass is 378 g/mol. The van der Waals surface area contributed by atoms with Gasteiger partial charge in [-0.15, -0.1) is 0 Å². The van der Waals surface area contributed by atoms with Crippen molar-refractivity contribution < 1.29 is 13.9 Å². The number of ether oxygens (including phenoxy) is 1. The highest BCUT2D eigenvalue weighted by atomic mass is 79.9. The zero-order valence-corrected chi connectivity index (χ0v) is 14.4. The fourth-order valence-electron chi connectivity index (χ4n) is 2.62. The van der Waals surface area contributed by atoms with Crippen LogP contribution in [0, 0.1) is 17.1 Å². The van der Waals surface area contributed by atoms with Crippen LogP contribution in [0.5, 0.6) is 0 Å². The molecule has 0 aromatic heterocycles. The Balaban J connectivity index is 2.65. The first-order chi connectivity index (χ1) is 11.0. The van der Waals surface area contributed by atoms with Gasteiger partial charge in [0.15, 0.2) is 0 Å². The van der Waals surface area contributed by atoms with Crippen LogP contribution in [0.3, 0.4) is 0 Å². The van der Waals surface area contributed by atoms with Crippen LogP contribution in [0.15, 0.2) is 45.7 Å². The molecule has 2 rings (SSSR count). The molecule has 0 fully saturated rings. The Morgan fingerprint density at radius 1 is 1.52 bits per heavy atom. The van der Waals surface area contributed by atoms with Crippen LogP contribution in [-0.2, 0) is 9.53 Å². The van der Waals surface area contributed by atoms with Crippen molar-refractivity contribution in [1.82, 2.24) is 5.32 Å². The third kappa shape index (κ3) is 3.45. The number of benzene rings is 1. The number of nitriles is 1. The van der Waals surface area contributed by atoms with Gasteiger partial charge in [0, 0.05) is 16.4 Å². The van der Waals surface area contributed by atoms with Crippen molar-refractivity contribution in [2.24, 2.45) is 0 Å². The Hall–Kier alpha value is -2.13. The highest BCUT2D eigenvalue weighted by Gasteiger charge is 2.34. The van der Waals surface area contributed by atoms with Gasteiger partial charge in [0.25, 0.3) is 0 Å². The number of halogens is 2. The van der Waals surface area contributed by atoms with Gasteiger partial charge in [-0.05, 0) is 24.1 Å². The van der Waals surface area contributed by atoms with Crippen molar-refractivity contribution >= 4 is 21.9 Å². The highest BCUT2D eigenvalue weighted by molar-refractivity contribution is 9.10. The summed E-state index contributed by atoms with van der Waals surface area (Å²) >= 11 is 3.33. The van der Waals surface area contributed by atoms with E-state index < -0.39 is 17.7 Å². The third-order valence-electron chi connectivity index (χ3n) is 3.63. The summed E-state index contributed by atoms with van der Waals surface area (Å²) < 4.78 is 18.8. The number of hydrogen-bond acceptors (Lipinski definition) is 4. The predicted octanol–water partition coefficient (Wildman–Crippen LogP) is 3.91. The maximum absolute atomic E-state index is 13.4. The summed E-state index contributed by atoms with van der Waals surface area (Å²) in [7, 11) is 1.31. The Morgan fingerprint density at radius 3 is 2.83 bits per heavy atom. The summed E-state index contributed by atoms with van der Waals surface area (Å²) in [4.78, 5) is 12.3. The van der Waals surface area contributed by atoms with Crippen LogP contribution in [0.4, 0.5) is 4.39 Å². The number of carbonyl (C=O) groups excluding carboxylic acids is 1. The molecule has 0 amide bonds. The predicted molar refractivity (Wildman–Crippen MR) is 87.6 cm³/mol. The normalized spacial score (nSPS) is 17.2. The fourth-order valence-corrected chi connectivity index (χ4v) is 3.20. The zero-order chi connectivity index (χ0) is 17.0. The van der Waals surface area contributed by atoms with Gasteiger partial charge in [0.2, 0.25) is 0 Å². The lowest BCUT2D eigenvalue weighted by Gasteiger charge is -2.27. The first-order valence-electron chi connectivity index (χ1n) is 7.16. The molecular weight excluding hydrogens is 363 g/mol. The third-order valence-corrected chi connectivity index (χ3v) is 4.32. The van der Waals surface area contributed by atoms with E-state index in [1.54, 1.807) is 12.3 Å². The number of allylic oxidation sites excluding steroid dienone is 2. The lowest BCUT2D eigenvalue weighted by Crippen LogP contribution is -2.26. The Bertz CT molecular complexity index is 735. The number of dihydropyridines is 1. The standard InChI is InChI=1S/C17H16BrFN2O2/c1-3-4-14-16(17(22)23-2)15(10(8-20)9-21-14)12-6-5-11(19)7-13(12)18/h5-7,9,15,21H,3-4H2,1-2H3. The molecule has 6 heteroatoms. The minimum absolute atomic E-state index is 0.373. The van der Waals surface area contributed by atoms with Gasteiger partial charge < -0.3 is 10.1 Å². The maximum atomic E-state index is 13.4. The molecule has 1 aromatic rings. The van der Waals surface area contributed by atoms with Crippen molar-refractivity contribution in [3.8, 4) is 6.07 Å². The molecule has 0 aliphatic carbocycles. The first kappa shape index (κ1) is 17.2. The summed E-state index contributed by atoms with van der Waals surface area (Å²) in [6.45, 7) is 2.00. The minimum Gasteiger partial charge on any atom is -0.466 e. The van der Waals surface area contributed by atoms with Crippen molar-refractivity contribution in [2.45, 2.75) is 25.7 Å². The van der Waals surface area contributed by atoms with Crippen LogP contribution in [0.25, 0.3) is 0 Å². The van der Waals surface area contributed by atoms with Crippen LogP contribution >= 0.6 is 15.9 Å². The molecule has 1 aliphatic heterocycles. The Kier molecular flexibility index (Phi) is 5.56. The summed E-state index contributed by atoms with van der Waals surface area (Å²) in [5, 5.41) is 12.5. The maximum Gasteiger partial charge on any atom is 0.336 e. The van der Waals surface area contributed by atoms with E-state index in [4.69, 9.17) is 4.74 Å². The zero-order valence-electron chi connectivity index (χ0n) is 12.8. The van der Waals surface area contributed by atoms with Crippen LogP contribution in [-0.4, -0.2) is 13.1 Å². The van der Waals surface area contributed by atoms with E-state index in [2.05, 4.69) is 27.3 Å². The topological polar surface area (TPSA) is 62.1 Å². The smallest absolute Gasteiger partial charge is 0.336 e. The van der Waals surface area contributed by atoms with Gasteiger partial charge in [0.05, 0.1) is 30.2 Å². The van der Waals surface area contributed by atoms with Gasteiger partial charge in [0.1, 0.15) is 5.82 Å². The van der Waals surface area contributed by atoms with E-state index in [1.165, 1.54) is 19.2 Å². The van der Waals surface area contributed by atoms with E-state index in [9.17, 15) is 14.4 Å². The fraction of sp³-hybridized carbons (Fsp3) is 0.294.